The lowest BCUT2D eigenvalue weighted by atomic mass is 9.52. The van der Waals surface area contributed by atoms with E-state index in [1.165, 1.54) is 18.1 Å². The average molecular weight is 458 g/mol. The molecular weight excluding hydrogens is 432 g/mol. The first-order valence-electron chi connectivity index (χ1n) is 10.6. The summed E-state index contributed by atoms with van der Waals surface area (Å²) in [6.07, 6.45) is 0.241. The number of methoxy groups -OCH3 is 1. The minimum Gasteiger partial charge on any atom is -0.507 e. The molecule has 1 aromatic rings. The number of primary amides is 1. The summed E-state index contributed by atoms with van der Waals surface area (Å²) in [6, 6.07) is 1.86. The van der Waals surface area contributed by atoms with Crippen LogP contribution in [0.25, 0.3) is 0 Å². The van der Waals surface area contributed by atoms with E-state index in [0.29, 0.717) is 11.1 Å². The lowest BCUT2D eigenvalue weighted by molar-refractivity contribution is -0.181. The molecule has 4 N–H and O–H groups in total. The van der Waals surface area contributed by atoms with Crippen molar-refractivity contribution >= 4 is 29.0 Å². The molecule has 2 fully saturated rings. The molecule has 0 aliphatic heterocycles. The number of rotatable bonds is 4. The van der Waals surface area contributed by atoms with Gasteiger partial charge in [-0.05, 0) is 50.0 Å². The van der Waals surface area contributed by atoms with E-state index in [-0.39, 0.29) is 30.8 Å². The number of aliphatic hydroxyl groups is 1. The van der Waals surface area contributed by atoms with Crippen LogP contribution in [0.2, 0.25) is 0 Å². The van der Waals surface area contributed by atoms with Crippen molar-refractivity contribution in [1.29, 1.82) is 0 Å². The van der Waals surface area contributed by atoms with E-state index in [1.54, 1.807) is 20.2 Å². The molecule has 0 radical (unpaired) electrons. The van der Waals surface area contributed by atoms with Crippen LogP contribution in [0.15, 0.2) is 12.1 Å². The largest absolute Gasteiger partial charge is 0.507 e. The quantitative estimate of drug-likeness (QED) is 0.481. The first kappa shape index (κ1) is 23.2. The summed E-state index contributed by atoms with van der Waals surface area (Å²) in [6.45, 7) is 0.187. The van der Waals surface area contributed by atoms with Gasteiger partial charge in [-0.15, -0.1) is 0 Å². The molecule has 1 amide bonds. The normalized spacial score (nSPS) is 33.5. The van der Waals surface area contributed by atoms with Crippen LogP contribution in [-0.4, -0.2) is 77.0 Å². The second-order valence-electron chi connectivity index (χ2n) is 9.32. The molecule has 2 unspecified atom stereocenters. The molecule has 6 atom stereocenters. The molecule has 10 heteroatoms. The number of ether oxygens (including phenoxy) is 1. The first-order chi connectivity index (χ1) is 15.5. The van der Waals surface area contributed by atoms with Gasteiger partial charge in [0.25, 0.3) is 0 Å². The highest BCUT2D eigenvalue weighted by Gasteiger charge is 2.69. The molecule has 0 spiro atoms. The van der Waals surface area contributed by atoms with Crippen LogP contribution in [0.3, 0.4) is 0 Å². The zero-order valence-electron chi connectivity index (χ0n) is 18.5. The van der Waals surface area contributed by atoms with Crippen molar-refractivity contribution in [1.82, 2.24) is 4.90 Å². The number of phenols is 1. The number of ketones is 4. The lowest BCUT2D eigenvalue weighted by Crippen LogP contribution is -2.74. The molecule has 0 aromatic heterocycles. The zero-order valence-corrected chi connectivity index (χ0v) is 18.5. The maximum atomic E-state index is 13.6. The smallest absolute Gasteiger partial charge is 0.235 e. The van der Waals surface area contributed by atoms with Crippen LogP contribution in [-0.2, 0) is 36.9 Å². The Bertz CT molecular complexity index is 1100. The summed E-state index contributed by atoms with van der Waals surface area (Å²) < 4.78 is 5.20. The minimum absolute atomic E-state index is 0.0198. The zero-order chi connectivity index (χ0) is 24.4. The van der Waals surface area contributed by atoms with E-state index in [4.69, 9.17) is 10.5 Å². The van der Waals surface area contributed by atoms with Crippen LogP contribution < -0.4 is 5.73 Å². The molecule has 3 aliphatic rings. The Morgan fingerprint density at radius 2 is 1.88 bits per heavy atom. The molecule has 3 aliphatic carbocycles. The second kappa shape index (κ2) is 7.82. The van der Waals surface area contributed by atoms with Crippen molar-refractivity contribution in [3.05, 3.63) is 28.8 Å². The number of fused-ring (bicyclic) bond motifs is 3. The molecule has 33 heavy (non-hydrogen) atoms. The van der Waals surface area contributed by atoms with Crippen molar-refractivity contribution < 1.29 is 38.9 Å². The fraction of sp³-hybridized carbons (Fsp3) is 0.522. The number of benzene rings is 1. The van der Waals surface area contributed by atoms with Gasteiger partial charge in [0.2, 0.25) is 5.91 Å². The van der Waals surface area contributed by atoms with Gasteiger partial charge < -0.3 is 20.7 Å². The number of carbonyl (C=O) groups excluding carboxylic acids is 5. The Hall–Kier alpha value is -2.95. The molecular formula is C23H26N2O8. The van der Waals surface area contributed by atoms with E-state index in [9.17, 15) is 34.2 Å². The number of amides is 1. The van der Waals surface area contributed by atoms with E-state index < -0.39 is 64.4 Å². The number of likely N-dealkylation sites (N-methyl/N-ethyl adjacent to an activating group) is 1. The lowest BCUT2D eigenvalue weighted by Gasteiger charge is -2.52. The predicted octanol–water partition coefficient (Wildman–Crippen LogP) is -0.987. The van der Waals surface area contributed by atoms with E-state index in [0.717, 1.165) is 0 Å². The van der Waals surface area contributed by atoms with Crippen LogP contribution in [0, 0.1) is 23.7 Å². The van der Waals surface area contributed by atoms with Gasteiger partial charge in [-0.25, -0.2) is 0 Å². The molecule has 0 bridgehead atoms. The molecule has 176 valence electrons. The number of carbonyl (C=O) groups is 5. The third-order valence-electron chi connectivity index (χ3n) is 7.34. The topological polar surface area (TPSA) is 164 Å². The van der Waals surface area contributed by atoms with Gasteiger partial charge in [-0.2, -0.15) is 0 Å². The van der Waals surface area contributed by atoms with Gasteiger partial charge in [-0.1, -0.05) is 6.07 Å². The van der Waals surface area contributed by atoms with Gasteiger partial charge in [0.15, 0.2) is 34.7 Å². The van der Waals surface area contributed by atoms with E-state index in [1.807, 2.05) is 0 Å². The van der Waals surface area contributed by atoms with Gasteiger partial charge in [0.1, 0.15) is 5.75 Å². The monoisotopic (exact) mass is 458 g/mol. The fourth-order valence-electron chi connectivity index (χ4n) is 5.96. The average Bonchev–Trinajstić information content (AvgIpc) is 2.72. The predicted molar refractivity (Wildman–Crippen MR) is 112 cm³/mol. The molecule has 0 heterocycles. The number of aromatic hydroxyl groups is 1. The van der Waals surface area contributed by atoms with Crippen molar-refractivity contribution in [3.63, 3.8) is 0 Å². The summed E-state index contributed by atoms with van der Waals surface area (Å²) in [5.41, 5.74) is 3.77. The third kappa shape index (κ3) is 3.08. The van der Waals surface area contributed by atoms with Crippen LogP contribution in [0.5, 0.6) is 5.75 Å². The summed E-state index contributed by atoms with van der Waals surface area (Å²) in [5.74, 6) is -10.5. The number of phenolic OH excluding ortho intramolecular Hbond substituents is 1. The number of nitrogens with two attached hydrogens (primary N) is 1. The Labute approximate surface area is 189 Å². The SMILES string of the molecule is COCc1ccc(O)c2c1C[C@H]1C[C@H]3[C@H](N(C)C)C(=O)C(C(N)=O)C(=O)[C@@]3(O)C(=O)C1C2=O. The Kier molecular flexibility index (Phi) is 5.50. The van der Waals surface area contributed by atoms with Crippen molar-refractivity contribution in [2.24, 2.45) is 29.4 Å². The van der Waals surface area contributed by atoms with Gasteiger partial charge in [-0.3, -0.25) is 28.9 Å². The Balaban J connectivity index is 1.87. The van der Waals surface area contributed by atoms with Crippen molar-refractivity contribution in [3.8, 4) is 5.75 Å². The Morgan fingerprint density at radius 1 is 1.21 bits per heavy atom. The second-order valence-corrected chi connectivity index (χ2v) is 9.32. The van der Waals surface area contributed by atoms with Gasteiger partial charge in [0.05, 0.1) is 24.1 Å². The summed E-state index contributed by atoms with van der Waals surface area (Å²) in [5, 5.41) is 21.9. The highest BCUT2D eigenvalue weighted by atomic mass is 16.5. The maximum Gasteiger partial charge on any atom is 0.235 e. The van der Waals surface area contributed by atoms with Gasteiger partial charge in [0, 0.05) is 13.0 Å². The number of nitrogens with zero attached hydrogens (tertiary/aromatic N) is 1. The molecule has 4 rings (SSSR count). The standard InChI is InChI=1S/C23H26N2O8/c1-25(2)17-12-7-10-6-11-9(8-33-3)4-5-13(26)15(11)18(27)14(10)20(29)23(12,32)21(30)16(19(17)28)22(24)31/h4-5,10,12,14,16-17,26,32H,6-8H2,1-3H3,(H2,24,31)/t10-,12-,14?,16?,17-,23-/m0/s1. The fourth-order valence-corrected chi connectivity index (χ4v) is 5.96. The van der Waals surface area contributed by atoms with Crippen LogP contribution in [0.4, 0.5) is 0 Å². The minimum atomic E-state index is -2.71. The van der Waals surface area contributed by atoms with E-state index >= 15 is 0 Å². The van der Waals surface area contributed by atoms with Crippen LogP contribution >= 0.6 is 0 Å². The number of hydrogen-bond acceptors (Lipinski definition) is 9. The first-order valence-corrected chi connectivity index (χ1v) is 10.6. The number of hydrogen-bond donors (Lipinski definition) is 3. The van der Waals surface area contributed by atoms with Crippen molar-refractivity contribution in [2.45, 2.75) is 31.1 Å². The summed E-state index contributed by atoms with van der Waals surface area (Å²) >= 11 is 0. The molecule has 10 nitrogen and oxygen atoms in total. The van der Waals surface area contributed by atoms with Crippen LogP contribution in [0.1, 0.15) is 27.9 Å². The maximum absolute atomic E-state index is 13.6. The molecule has 1 aromatic carbocycles. The highest BCUT2D eigenvalue weighted by Crippen LogP contribution is 2.51. The number of Topliss-reactive ketones (excluding diaryl/α,β-unsaturated/α-hetero) is 4. The molecule has 0 saturated heterocycles. The Morgan fingerprint density at radius 3 is 2.45 bits per heavy atom. The molecule has 2 saturated carbocycles. The summed E-state index contributed by atoms with van der Waals surface area (Å²) in [4.78, 5) is 66.7. The third-order valence-corrected chi connectivity index (χ3v) is 7.34. The highest BCUT2D eigenvalue weighted by molar-refractivity contribution is 6.32. The van der Waals surface area contributed by atoms with Gasteiger partial charge >= 0.3 is 0 Å². The van der Waals surface area contributed by atoms with E-state index in [2.05, 4.69) is 0 Å². The summed E-state index contributed by atoms with van der Waals surface area (Å²) in [7, 11) is 4.58. The van der Waals surface area contributed by atoms with Crippen molar-refractivity contribution in [2.75, 3.05) is 21.2 Å².